The Hall–Kier alpha value is -2.17. The predicted octanol–water partition coefficient (Wildman–Crippen LogP) is 2.50. The fourth-order valence-electron chi connectivity index (χ4n) is 2.08. The number of nitrogens with zero attached hydrogens (tertiary/aromatic N) is 2. The van der Waals surface area contributed by atoms with Crippen molar-refractivity contribution < 1.29 is 5.11 Å². The summed E-state index contributed by atoms with van der Waals surface area (Å²) in [6.07, 6.45) is -1.16. The summed E-state index contributed by atoms with van der Waals surface area (Å²) in [4.78, 5) is 8.48. The second kappa shape index (κ2) is 5.07. The molecule has 100 valence electrons. The van der Waals surface area contributed by atoms with Crippen LogP contribution < -0.4 is 5.73 Å². The molecule has 20 heavy (non-hydrogen) atoms. The number of aliphatic hydroxyl groups is 1. The van der Waals surface area contributed by atoms with Crippen molar-refractivity contribution in [2.75, 3.05) is 0 Å². The van der Waals surface area contributed by atoms with Gasteiger partial charge in [0, 0.05) is 16.1 Å². The highest BCUT2D eigenvalue weighted by Crippen LogP contribution is 2.28. The number of aliphatic hydroxyl groups excluding tert-OH is 1. The summed E-state index contributed by atoms with van der Waals surface area (Å²) >= 11 is 6.06. The van der Waals surface area contributed by atoms with Crippen LogP contribution in [0.25, 0.3) is 0 Å². The molecule has 3 rings (SSSR count). The van der Waals surface area contributed by atoms with Crippen LogP contribution in [-0.2, 0) is 0 Å². The third kappa shape index (κ3) is 2.31. The zero-order valence-corrected chi connectivity index (χ0v) is 11.2. The summed E-state index contributed by atoms with van der Waals surface area (Å²) in [5.74, 6) is 0.0690. The Balaban J connectivity index is 2.25. The Bertz CT molecular complexity index is 710. The van der Waals surface area contributed by atoms with Crippen molar-refractivity contribution in [1.82, 2.24) is 0 Å². The van der Waals surface area contributed by atoms with Crippen LogP contribution >= 0.6 is 11.6 Å². The normalized spacial score (nSPS) is 17.8. The van der Waals surface area contributed by atoms with Gasteiger partial charge in [-0.05, 0) is 18.2 Å². The molecule has 0 bridgehead atoms. The lowest BCUT2D eigenvalue weighted by Gasteiger charge is -2.09. The fraction of sp³-hybridized carbons (Fsp3) is 0.0667. The second-order valence-electron chi connectivity index (χ2n) is 4.42. The first-order valence-corrected chi connectivity index (χ1v) is 6.48. The molecule has 0 spiro atoms. The van der Waals surface area contributed by atoms with Gasteiger partial charge in [0.15, 0.2) is 5.84 Å². The molecule has 0 saturated heterocycles. The van der Waals surface area contributed by atoms with Gasteiger partial charge in [0.2, 0.25) is 6.23 Å². The summed E-state index contributed by atoms with van der Waals surface area (Å²) < 4.78 is 0. The van der Waals surface area contributed by atoms with Crippen LogP contribution in [0.2, 0.25) is 5.02 Å². The van der Waals surface area contributed by atoms with Gasteiger partial charge >= 0.3 is 0 Å². The minimum Gasteiger partial charge on any atom is -0.383 e. The summed E-state index contributed by atoms with van der Waals surface area (Å²) in [6, 6.07) is 14.8. The van der Waals surface area contributed by atoms with Gasteiger partial charge in [0.1, 0.15) is 0 Å². The van der Waals surface area contributed by atoms with Crippen LogP contribution in [-0.4, -0.2) is 22.9 Å². The van der Waals surface area contributed by atoms with Gasteiger partial charge in [-0.15, -0.1) is 0 Å². The monoisotopic (exact) mass is 285 g/mol. The topological polar surface area (TPSA) is 71.0 Å². The molecule has 5 heteroatoms. The van der Waals surface area contributed by atoms with Crippen molar-refractivity contribution >= 4 is 28.8 Å². The number of benzene rings is 2. The van der Waals surface area contributed by atoms with Crippen molar-refractivity contribution in [2.24, 2.45) is 15.7 Å². The van der Waals surface area contributed by atoms with Gasteiger partial charge in [-0.3, -0.25) is 0 Å². The second-order valence-corrected chi connectivity index (χ2v) is 4.85. The van der Waals surface area contributed by atoms with Gasteiger partial charge in [0.25, 0.3) is 0 Å². The minimum absolute atomic E-state index is 0.0690. The Morgan fingerprint density at radius 1 is 1.10 bits per heavy atom. The third-order valence-electron chi connectivity index (χ3n) is 3.03. The molecule has 4 nitrogen and oxygen atoms in total. The first kappa shape index (κ1) is 12.8. The Kier molecular flexibility index (Phi) is 3.26. The SMILES string of the molecule is NC1=Nc2ccc(Cl)cc2C(c2ccccc2)=NC1O. The predicted molar refractivity (Wildman–Crippen MR) is 80.8 cm³/mol. The van der Waals surface area contributed by atoms with E-state index in [0.717, 1.165) is 11.1 Å². The van der Waals surface area contributed by atoms with E-state index >= 15 is 0 Å². The number of aliphatic imine (C=N–C) groups is 2. The number of rotatable bonds is 1. The quantitative estimate of drug-likeness (QED) is 0.845. The van der Waals surface area contributed by atoms with Gasteiger partial charge in [-0.25, -0.2) is 9.98 Å². The molecule has 2 aromatic rings. The number of hydrogen-bond acceptors (Lipinski definition) is 4. The molecule has 0 amide bonds. The van der Waals surface area contributed by atoms with Crippen LogP contribution in [0, 0.1) is 0 Å². The van der Waals surface area contributed by atoms with E-state index in [9.17, 15) is 5.11 Å². The van der Waals surface area contributed by atoms with E-state index in [1.807, 2.05) is 30.3 Å². The third-order valence-corrected chi connectivity index (χ3v) is 3.26. The number of amidine groups is 1. The lowest BCUT2D eigenvalue weighted by molar-refractivity contribution is 0.251. The van der Waals surface area contributed by atoms with E-state index in [1.54, 1.807) is 18.2 Å². The van der Waals surface area contributed by atoms with Crippen molar-refractivity contribution in [3.63, 3.8) is 0 Å². The molecule has 0 aromatic heterocycles. The van der Waals surface area contributed by atoms with E-state index in [4.69, 9.17) is 17.3 Å². The zero-order valence-electron chi connectivity index (χ0n) is 10.5. The van der Waals surface area contributed by atoms with E-state index in [2.05, 4.69) is 9.98 Å². The van der Waals surface area contributed by atoms with Gasteiger partial charge in [0.05, 0.1) is 11.4 Å². The van der Waals surface area contributed by atoms with Crippen molar-refractivity contribution in [2.45, 2.75) is 6.23 Å². The minimum atomic E-state index is -1.16. The number of hydrogen-bond donors (Lipinski definition) is 2. The number of nitrogens with two attached hydrogens (primary N) is 1. The maximum Gasteiger partial charge on any atom is 0.204 e. The summed E-state index contributed by atoms with van der Waals surface area (Å²) in [5, 5.41) is 10.5. The standard InChI is InChI=1S/C15H12ClN3O/c16-10-6-7-12-11(8-10)13(9-4-2-1-3-5-9)19-15(20)14(17)18-12/h1-8,15,20H,(H2,17,18). The number of fused-ring (bicyclic) bond motifs is 1. The molecule has 1 unspecified atom stereocenters. The average molecular weight is 286 g/mol. The van der Waals surface area contributed by atoms with E-state index < -0.39 is 6.23 Å². The first-order valence-electron chi connectivity index (χ1n) is 6.10. The van der Waals surface area contributed by atoms with E-state index in [-0.39, 0.29) is 5.84 Å². The van der Waals surface area contributed by atoms with Gasteiger partial charge in [-0.1, -0.05) is 41.9 Å². The zero-order chi connectivity index (χ0) is 14.1. The molecule has 2 aromatic carbocycles. The van der Waals surface area contributed by atoms with E-state index in [0.29, 0.717) is 16.4 Å². The highest BCUT2D eigenvalue weighted by molar-refractivity contribution is 6.31. The molecule has 1 atom stereocenters. The van der Waals surface area contributed by atoms with Crippen molar-refractivity contribution in [3.05, 3.63) is 64.7 Å². The van der Waals surface area contributed by atoms with Gasteiger partial charge < -0.3 is 10.8 Å². The van der Waals surface area contributed by atoms with Crippen molar-refractivity contribution in [3.8, 4) is 0 Å². The first-order chi connectivity index (χ1) is 9.65. The highest BCUT2D eigenvalue weighted by atomic mass is 35.5. The number of halogens is 1. The summed E-state index contributed by atoms with van der Waals surface area (Å²) in [5.41, 5.74) is 8.63. The smallest absolute Gasteiger partial charge is 0.204 e. The molecule has 1 heterocycles. The highest BCUT2D eigenvalue weighted by Gasteiger charge is 2.20. The molecule has 3 N–H and O–H groups in total. The fourth-order valence-corrected chi connectivity index (χ4v) is 2.25. The Morgan fingerprint density at radius 2 is 1.85 bits per heavy atom. The molecule has 1 aliphatic rings. The van der Waals surface area contributed by atoms with Crippen LogP contribution in [0.15, 0.2) is 58.5 Å². The average Bonchev–Trinajstić information content (AvgIpc) is 2.58. The molecule has 0 aliphatic carbocycles. The van der Waals surface area contributed by atoms with Crippen LogP contribution in [0.4, 0.5) is 5.69 Å². The van der Waals surface area contributed by atoms with E-state index in [1.165, 1.54) is 0 Å². The lowest BCUT2D eigenvalue weighted by atomic mass is 10.0. The molecule has 1 aliphatic heterocycles. The summed E-state index contributed by atoms with van der Waals surface area (Å²) in [6.45, 7) is 0. The lowest BCUT2D eigenvalue weighted by Crippen LogP contribution is -2.26. The molecule has 0 radical (unpaired) electrons. The van der Waals surface area contributed by atoms with Crippen LogP contribution in [0.5, 0.6) is 0 Å². The molecule has 0 saturated carbocycles. The van der Waals surface area contributed by atoms with Crippen molar-refractivity contribution in [1.29, 1.82) is 0 Å². The largest absolute Gasteiger partial charge is 0.383 e. The Labute approximate surface area is 121 Å². The maximum atomic E-state index is 9.95. The van der Waals surface area contributed by atoms with Crippen LogP contribution in [0.3, 0.4) is 0 Å². The maximum absolute atomic E-state index is 9.95. The summed E-state index contributed by atoms with van der Waals surface area (Å²) in [7, 11) is 0. The Morgan fingerprint density at radius 3 is 2.60 bits per heavy atom. The van der Waals surface area contributed by atoms with Crippen LogP contribution in [0.1, 0.15) is 11.1 Å². The van der Waals surface area contributed by atoms with Gasteiger partial charge in [-0.2, -0.15) is 0 Å². The molecular formula is C15H12ClN3O. The molecule has 0 fully saturated rings. The molecular weight excluding hydrogens is 274 g/mol.